The van der Waals surface area contributed by atoms with Gasteiger partial charge in [0.05, 0.1) is 0 Å². The summed E-state index contributed by atoms with van der Waals surface area (Å²) in [6, 6.07) is 8.20. The second-order valence-electron chi connectivity index (χ2n) is 5.09. The largest absolute Gasteiger partial charge is 0.492 e. The molecule has 0 saturated heterocycles. The molecule has 0 bridgehead atoms. The topological polar surface area (TPSA) is 27.7 Å². The van der Waals surface area contributed by atoms with Crippen LogP contribution in [0.5, 0.6) is 5.75 Å². The fourth-order valence-corrected chi connectivity index (χ4v) is 1.78. The molecule has 0 aliphatic heterocycles. The molecule has 108 valence electrons. The monoisotopic (exact) mass is 265 g/mol. The van der Waals surface area contributed by atoms with Gasteiger partial charge in [0.1, 0.15) is 12.4 Å². The van der Waals surface area contributed by atoms with Gasteiger partial charge in [0.2, 0.25) is 0 Å². The molecule has 0 fully saturated rings. The van der Waals surface area contributed by atoms with Crippen LogP contribution in [0.3, 0.4) is 0 Å². The zero-order chi connectivity index (χ0) is 14.1. The van der Waals surface area contributed by atoms with Gasteiger partial charge >= 0.3 is 0 Å². The van der Waals surface area contributed by atoms with Crippen LogP contribution in [0.2, 0.25) is 0 Å². The summed E-state index contributed by atoms with van der Waals surface area (Å²) in [5, 5.41) is 3.16. The molecule has 1 rings (SSSR count). The molecule has 0 aromatic heterocycles. The van der Waals surface area contributed by atoms with Crippen LogP contribution in [-0.2, 0) is 6.54 Å². The predicted octanol–water partition coefficient (Wildman–Crippen LogP) is 1.28. The van der Waals surface area contributed by atoms with Gasteiger partial charge in [0, 0.05) is 31.7 Å². The average Bonchev–Trinajstić information content (AvgIpc) is 2.39. The molecule has 4 heteroatoms. The molecule has 0 aliphatic carbocycles. The maximum atomic E-state index is 5.87. The van der Waals surface area contributed by atoms with Crippen LogP contribution in [0, 0.1) is 0 Å². The fraction of sp³-hybridized carbons (Fsp3) is 0.600. The van der Waals surface area contributed by atoms with Crippen molar-refractivity contribution < 1.29 is 4.74 Å². The third-order valence-electron chi connectivity index (χ3n) is 3.00. The van der Waals surface area contributed by atoms with E-state index in [1.807, 2.05) is 25.2 Å². The standard InChI is InChI=1S/C15H27N3O/c1-16-13-14-7-5-6-8-15(14)19-12-11-18(4)10-9-17(2)3/h5-8,16H,9-13H2,1-4H3. The Hall–Kier alpha value is -1.10. The second kappa shape index (κ2) is 8.91. The number of nitrogens with zero attached hydrogens (tertiary/aromatic N) is 2. The molecule has 0 radical (unpaired) electrons. The molecular formula is C15H27N3O. The lowest BCUT2D eigenvalue weighted by atomic mass is 10.2. The summed E-state index contributed by atoms with van der Waals surface area (Å²) >= 11 is 0. The van der Waals surface area contributed by atoms with Gasteiger partial charge in [0.15, 0.2) is 0 Å². The number of likely N-dealkylation sites (N-methyl/N-ethyl adjacent to an activating group) is 2. The third-order valence-corrected chi connectivity index (χ3v) is 3.00. The summed E-state index contributed by atoms with van der Waals surface area (Å²) < 4.78 is 5.87. The maximum Gasteiger partial charge on any atom is 0.123 e. The first-order valence-corrected chi connectivity index (χ1v) is 6.82. The van der Waals surface area contributed by atoms with Gasteiger partial charge in [-0.2, -0.15) is 0 Å². The Morgan fingerprint density at radius 1 is 1.05 bits per heavy atom. The molecule has 4 nitrogen and oxygen atoms in total. The summed E-state index contributed by atoms with van der Waals surface area (Å²) in [6.45, 7) is 4.65. The minimum Gasteiger partial charge on any atom is -0.492 e. The normalized spacial score (nSPS) is 11.3. The first-order valence-electron chi connectivity index (χ1n) is 6.82. The van der Waals surface area contributed by atoms with E-state index >= 15 is 0 Å². The van der Waals surface area contributed by atoms with Gasteiger partial charge < -0.3 is 19.9 Å². The summed E-state index contributed by atoms with van der Waals surface area (Å²) in [5.74, 6) is 0.984. The fourth-order valence-electron chi connectivity index (χ4n) is 1.78. The summed E-state index contributed by atoms with van der Waals surface area (Å²) in [6.07, 6.45) is 0. The molecular weight excluding hydrogens is 238 g/mol. The van der Waals surface area contributed by atoms with Gasteiger partial charge in [-0.1, -0.05) is 18.2 Å². The van der Waals surface area contributed by atoms with Crippen molar-refractivity contribution in [3.05, 3.63) is 29.8 Å². The van der Waals surface area contributed by atoms with Crippen LogP contribution < -0.4 is 10.1 Å². The SMILES string of the molecule is CNCc1ccccc1OCCN(C)CCN(C)C. The lowest BCUT2D eigenvalue weighted by Crippen LogP contribution is -2.31. The predicted molar refractivity (Wildman–Crippen MR) is 80.8 cm³/mol. The number of hydrogen-bond acceptors (Lipinski definition) is 4. The number of rotatable bonds is 9. The molecule has 1 aromatic carbocycles. The first-order chi connectivity index (χ1) is 9.13. The first kappa shape index (κ1) is 16.0. The van der Waals surface area contributed by atoms with E-state index in [9.17, 15) is 0 Å². The molecule has 0 spiro atoms. The van der Waals surface area contributed by atoms with Crippen LogP contribution in [0.1, 0.15) is 5.56 Å². The average molecular weight is 265 g/mol. The van der Waals surface area contributed by atoms with Gasteiger partial charge in [-0.25, -0.2) is 0 Å². The smallest absolute Gasteiger partial charge is 0.123 e. The Kier molecular flexibility index (Phi) is 7.48. The van der Waals surface area contributed by atoms with Gasteiger partial charge in [-0.3, -0.25) is 0 Å². The van der Waals surface area contributed by atoms with Crippen LogP contribution in [0.15, 0.2) is 24.3 Å². The van der Waals surface area contributed by atoms with Crippen LogP contribution in [-0.4, -0.2) is 64.2 Å². The summed E-state index contributed by atoms with van der Waals surface area (Å²) in [7, 11) is 8.27. The molecule has 19 heavy (non-hydrogen) atoms. The minimum absolute atomic E-state index is 0.727. The zero-order valence-corrected chi connectivity index (χ0v) is 12.6. The van der Waals surface area contributed by atoms with Crippen molar-refractivity contribution in [2.45, 2.75) is 6.54 Å². The Labute approximate surface area is 117 Å². The van der Waals surface area contributed by atoms with E-state index in [2.05, 4.69) is 42.3 Å². The van der Waals surface area contributed by atoms with Gasteiger partial charge in [-0.15, -0.1) is 0 Å². The van der Waals surface area contributed by atoms with E-state index < -0.39 is 0 Å². The molecule has 0 heterocycles. The number of nitrogens with one attached hydrogen (secondary N) is 1. The molecule has 0 aliphatic rings. The highest BCUT2D eigenvalue weighted by Gasteiger charge is 2.03. The van der Waals surface area contributed by atoms with E-state index in [4.69, 9.17) is 4.74 Å². The van der Waals surface area contributed by atoms with E-state index in [0.717, 1.165) is 38.5 Å². The molecule has 1 N–H and O–H groups in total. The van der Waals surface area contributed by atoms with Crippen molar-refractivity contribution in [2.24, 2.45) is 0 Å². The van der Waals surface area contributed by atoms with E-state index in [-0.39, 0.29) is 0 Å². The Morgan fingerprint density at radius 3 is 2.47 bits per heavy atom. The van der Waals surface area contributed by atoms with Crippen LogP contribution in [0.25, 0.3) is 0 Å². The summed E-state index contributed by atoms with van der Waals surface area (Å²) in [4.78, 5) is 4.49. The van der Waals surface area contributed by atoms with Crippen molar-refractivity contribution in [1.82, 2.24) is 15.1 Å². The minimum atomic E-state index is 0.727. The second-order valence-corrected chi connectivity index (χ2v) is 5.09. The highest BCUT2D eigenvalue weighted by atomic mass is 16.5. The van der Waals surface area contributed by atoms with Crippen LogP contribution in [0.4, 0.5) is 0 Å². The number of hydrogen-bond donors (Lipinski definition) is 1. The van der Waals surface area contributed by atoms with Crippen molar-refractivity contribution in [2.75, 3.05) is 54.4 Å². The number of benzene rings is 1. The molecule has 0 atom stereocenters. The lowest BCUT2D eigenvalue weighted by molar-refractivity contribution is 0.221. The number of ether oxygens (including phenoxy) is 1. The summed E-state index contributed by atoms with van der Waals surface area (Å²) in [5.41, 5.74) is 1.21. The number of para-hydroxylation sites is 1. The van der Waals surface area contributed by atoms with Gasteiger partial charge in [-0.05, 0) is 34.3 Å². The van der Waals surface area contributed by atoms with Crippen LogP contribution >= 0.6 is 0 Å². The Balaban J connectivity index is 2.32. The van der Waals surface area contributed by atoms with E-state index in [1.165, 1.54) is 5.56 Å². The van der Waals surface area contributed by atoms with Crippen molar-refractivity contribution in [3.8, 4) is 5.75 Å². The van der Waals surface area contributed by atoms with Crippen molar-refractivity contribution in [3.63, 3.8) is 0 Å². The zero-order valence-electron chi connectivity index (χ0n) is 12.6. The van der Waals surface area contributed by atoms with Crippen molar-refractivity contribution in [1.29, 1.82) is 0 Å². The molecule has 0 amide bonds. The van der Waals surface area contributed by atoms with E-state index in [0.29, 0.717) is 0 Å². The molecule has 0 saturated carbocycles. The Morgan fingerprint density at radius 2 is 1.79 bits per heavy atom. The Bertz CT molecular complexity index is 355. The molecule has 1 aromatic rings. The van der Waals surface area contributed by atoms with Gasteiger partial charge in [0.25, 0.3) is 0 Å². The molecule has 0 unspecified atom stereocenters. The van der Waals surface area contributed by atoms with E-state index in [1.54, 1.807) is 0 Å². The third kappa shape index (κ3) is 6.57. The lowest BCUT2D eigenvalue weighted by Gasteiger charge is -2.20. The maximum absolute atomic E-state index is 5.87. The highest BCUT2D eigenvalue weighted by Crippen LogP contribution is 2.17. The quantitative estimate of drug-likeness (QED) is 0.728. The highest BCUT2D eigenvalue weighted by molar-refractivity contribution is 5.33. The van der Waals surface area contributed by atoms with Crippen molar-refractivity contribution >= 4 is 0 Å².